The second kappa shape index (κ2) is 3.95. The molecule has 8 atom stereocenters. The molecule has 0 spiro atoms. The zero-order valence-electron chi connectivity index (χ0n) is 13.5. The summed E-state index contributed by atoms with van der Waals surface area (Å²) in [4.78, 5) is 12.6. The molecule has 7 heteroatoms. The van der Waals surface area contributed by atoms with E-state index in [1.54, 1.807) is 4.68 Å². The molecule has 0 unspecified atom stereocenters. The molecular formula is C17H20N5O2+. The van der Waals surface area contributed by atoms with Crippen LogP contribution in [0.4, 0.5) is 0 Å². The number of hydrogen-bond donors (Lipinski definition) is 0. The largest absolute Gasteiger partial charge is 0.336 e. The zero-order valence-corrected chi connectivity index (χ0v) is 13.5. The Kier molecular flexibility index (Phi) is 2.18. The summed E-state index contributed by atoms with van der Waals surface area (Å²) in [7, 11) is 0. The van der Waals surface area contributed by atoms with Crippen molar-refractivity contribution in [2.24, 2.45) is 35.5 Å². The van der Waals surface area contributed by atoms with Gasteiger partial charge in [-0.3, -0.25) is 10.1 Å². The summed E-state index contributed by atoms with van der Waals surface area (Å²) in [6.07, 6.45) is 11.0. The normalized spacial score (nSPS) is 48.6. The lowest BCUT2D eigenvalue weighted by molar-refractivity contribution is -0.825. The van der Waals surface area contributed by atoms with Crippen molar-refractivity contribution >= 4 is 0 Å². The Morgan fingerprint density at radius 3 is 2.88 bits per heavy atom. The van der Waals surface area contributed by atoms with Crippen LogP contribution in [0.15, 0.2) is 24.3 Å². The molecule has 0 aromatic carbocycles. The molecule has 2 heterocycles. The molecule has 1 aromatic heterocycles. The topological polar surface area (TPSA) is 77.7 Å². The monoisotopic (exact) mass is 326 g/mol. The van der Waals surface area contributed by atoms with Gasteiger partial charge in [-0.2, -0.15) is 0 Å². The Morgan fingerprint density at radius 2 is 2.08 bits per heavy atom. The molecule has 1 aromatic rings. The Bertz CT molecular complexity index is 829. The fourth-order valence-electron chi connectivity index (χ4n) is 6.88. The van der Waals surface area contributed by atoms with E-state index < -0.39 is 5.54 Å². The number of rotatable bonds is 2. The van der Waals surface area contributed by atoms with E-state index in [1.165, 1.54) is 0 Å². The molecule has 2 saturated carbocycles. The number of fused-ring (bicyclic) bond motifs is 14. The molecule has 5 aliphatic rings. The average Bonchev–Trinajstić information content (AvgIpc) is 3.37. The van der Waals surface area contributed by atoms with Gasteiger partial charge in [-0.25, -0.2) is 0 Å². The first kappa shape index (κ1) is 13.3. The van der Waals surface area contributed by atoms with Gasteiger partial charge in [0, 0.05) is 16.8 Å². The fraction of sp³-hybridized carbons (Fsp3) is 0.706. The van der Waals surface area contributed by atoms with Crippen LogP contribution in [0.2, 0.25) is 0 Å². The van der Waals surface area contributed by atoms with E-state index in [-0.39, 0.29) is 22.8 Å². The molecule has 0 saturated heterocycles. The Labute approximate surface area is 139 Å². The van der Waals surface area contributed by atoms with Gasteiger partial charge < -0.3 is 0 Å². The summed E-state index contributed by atoms with van der Waals surface area (Å²) in [5.41, 5.74) is -1.04. The predicted octanol–water partition coefficient (Wildman–Crippen LogP) is 1.26. The smallest absolute Gasteiger partial charge is 0.263 e. The van der Waals surface area contributed by atoms with Crippen LogP contribution in [0, 0.1) is 45.6 Å². The molecule has 1 aliphatic heterocycles. The van der Waals surface area contributed by atoms with E-state index in [0.717, 1.165) is 18.7 Å². The van der Waals surface area contributed by atoms with E-state index in [0.29, 0.717) is 30.2 Å². The van der Waals surface area contributed by atoms with Crippen molar-refractivity contribution in [3.05, 3.63) is 40.2 Å². The number of tetrazole rings is 1. The summed E-state index contributed by atoms with van der Waals surface area (Å²) < 4.78 is 3.74. The third-order valence-electron chi connectivity index (χ3n) is 7.49. The van der Waals surface area contributed by atoms with Crippen molar-refractivity contribution < 1.29 is 9.61 Å². The maximum atomic E-state index is 12.5. The quantitative estimate of drug-likeness (QED) is 0.355. The highest BCUT2D eigenvalue weighted by atomic mass is 16.6. The van der Waals surface area contributed by atoms with Gasteiger partial charge in [0.25, 0.3) is 0 Å². The van der Waals surface area contributed by atoms with Gasteiger partial charge in [0.15, 0.2) is 5.21 Å². The molecule has 124 valence electrons. The van der Waals surface area contributed by atoms with Gasteiger partial charge >= 0.3 is 11.4 Å². The summed E-state index contributed by atoms with van der Waals surface area (Å²) in [5.74, 6) is 2.37. The van der Waals surface area contributed by atoms with Crippen LogP contribution in [-0.4, -0.2) is 20.0 Å². The van der Waals surface area contributed by atoms with Crippen LogP contribution in [0.1, 0.15) is 31.6 Å². The fourth-order valence-corrected chi connectivity index (χ4v) is 6.88. The molecule has 2 fully saturated rings. The highest BCUT2D eigenvalue weighted by molar-refractivity contribution is 5.29. The van der Waals surface area contributed by atoms with Gasteiger partial charge in [0.2, 0.25) is 0 Å². The minimum absolute atomic E-state index is 0.0130. The van der Waals surface area contributed by atoms with Crippen molar-refractivity contribution in [3.63, 3.8) is 0 Å². The molecular weight excluding hydrogens is 306 g/mol. The summed E-state index contributed by atoms with van der Waals surface area (Å²) in [5, 5.41) is 21.3. The number of aromatic nitrogens is 4. The summed E-state index contributed by atoms with van der Waals surface area (Å²) >= 11 is 0. The molecule has 24 heavy (non-hydrogen) atoms. The van der Waals surface area contributed by atoms with E-state index >= 15 is 0 Å². The molecule has 0 N–H and O–H groups in total. The zero-order chi connectivity index (χ0) is 16.2. The number of allylic oxidation sites excluding steroid dienone is 3. The van der Waals surface area contributed by atoms with Crippen molar-refractivity contribution in [1.29, 1.82) is 0 Å². The highest BCUT2D eigenvalue weighted by Gasteiger charge is 2.79. The lowest BCUT2D eigenvalue weighted by Crippen LogP contribution is -2.67. The Balaban J connectivity index is 1.70. The average molecular weight is 326 g/mol. The second-order valence-corrected chi connectivity index (χ2v) is 8.08. The van der Waals surface area contributed by atoms with Crippen LogP contribution in [0.25, 0.3) is 0 Å². The second-order valence-electron chi connectivity index (χ2n) is 8.08. The van der Waals surface area contributed by atoms with Crippen LogP contribution in [-0.2, 0) is 12.1 Å². The lowest BCUT2D eigenvalue weighted by atomic mass is 9.62. The molecule has 0 radical (unpaired) electrons. The van der Waals surface area contributed by atoms with Crippen LogP contribution in [0.5, 0.6) is 0 Å². The van der Waals surface area contributed by atoms with Crippen LogP contribution >= 0.6 is 0 Å². The van der Waals surface area contributed by atoms with E-state index in [4.69, 9.17) is 0 Å². The van der Waals surface area contributed by atoms with Gasteiger partial charge in [0.1, 0.15) is 17.8 Å². The third kappa shape index (κ3) is 1.15. The van der Waals surface area contributed by atoms with E-state index in [1.807, 2.05) is 11.6 Å². The standard InChI is InChI=1S/C17H20N5O2/c1-2-20-16-17(22(23)24)12-6-5-10(8-12)14(17)13-9-3-4-11(7-9)15(13)21(16)19-18-20/h3-6,9-15H,2,7-8H2,1H3/q+1/t9-,10-,11+,12+,13-,14-,15-,17+/m1/s1. The molecule has 7 nitrogen and oxygen atoms in total. The number of hydrogen-bond acceptors (Lipinski definition) is 4. The van der Waals surface area contributed by atoms with Gasteiger partial charge in [-0.05, 0) is 31.6 Å². The highest BCUT2D eigenvalue weighted by Crippen LogP contribution is 2.67. The van der Waals surface area contributed by atoms with Crippen molar-refractivity contribution in [2.75, 3.05) is 0 Å². The summed E-state index contributed by atoms with van der Waals surface area (Å²) in [6, 6.07) is 0.251. The van der Waals surface area contributed by atoms with Crippen molar-refractivity contribution in [3.8, 4) is 0 Å². The molecule has 6 rings (SSSR count). The van der Waals surface area contributed by atoms with Gasteiger partial charge in [-0.15, -0.1) is 4.68 Å². The molecule has 0 amide bonds. The first-order valence-electron chi connectivity index (χ1n) is 9.04. The molecule has 4 bridgehead atoms. The van der Waals surface area contributed by atoms with Crippen molar-refractivity contribution in [1.82, 2.24) is 15.1 Å². The molecule has 4 aliphatic carbocycles. The minimum Gasteiger partial charge on any atom is -0.263 e. The lowest BCUT2D eigenvalue weighted by Gasteiger charge is -2.43. The summed E-state index contributed by atoms with van der Waals surface area (Å²) in [6.45, 7) is 2.62. The number of aryl methyl sites for hydroxylation is 1. The first-order chi connectivity index (χ1) is 11.7. The number of nitrogens with zero attached hydrogens (tertiary/aromatic N) is 5. The maximum Gasteiger partial charge on any atom is 0.336 e. The van der Waals surface area contributed by atoms with Crippen molar-refractivity contribution in [2.45, 2.75) is 37.9 Å². The predicted molar refractivity (Wildman–Crippen MR) is 82.1 cm³/mol. The van der Waals surface area contributed by atoms with Gasteiger partial charge in [0.05, 0.1) is 11.8 Å². The Morgan fingerprint density at radius 1 is 1.29 bits per heavy atom. The SMILES string of the molecule is CCn1nn[n+]2c1[C@@]1([N+](=O)[O-])[C@@H]([C@@H]3[C@H]2[C@H]2C=C[C@@H]3C2)[C@@H]2C=C[C@H]1C2. The van der Waals surface area contributed by atoms with Crippen LogP contribution in [0.3, 0.4) is 0 Å². The minimum atomic E-state index is -1.04. The first-order valence-corrected chi connectivity index (χ1v) is 9.04. The van der Waals surface area contributed by atoms with E-state index in [9.17, 15) is 10.1 Å². The van der Waals surface area contributed by atoms with Gasteiger partial charge in [-0.1, -0.05) is 29.0 Å². The Hall–Kier alpha value is -2.05. The van der Waals surface area contributed by atoms with Crippen LogP contribution < -0.4 is 4.68 Å². The number of nitro groups is 1. The maximum absolute atomic E-state index is 12.5. The third-order valence-corrected chi connectivity index (χ3v) is 7.49. The van der Waals surface area contributed by atoms with E-state index in [2.05, 4.69) is 34.7 Å².